The van der Waals surface area contributed by atoms with Crippen LogP contribution in [0.3, 0.4) is 0 Å². The molecule has 0 rings (SSSR count). The first-order chi connectivity index (χ1) is 13.7. The lowest BCUT2D eigenvalue weighted by molar-refractivity contribution is 0.386. The summed E-state index contributed by atoms with van der Waals surface area (Å²) in [5, 5.41) is 0. The third-order valence-corrected chi connectivity index (χ3v) is 25.6. The number of hydrogen-bond donors (Lipinski definition) is 0. The Morgan fingerprint density at radius 1 is 0.586 bits per heavy atom. The highest BCUT2D eigenvalue weighted by Gasteiger charge is 2.59. The van der Waals surface area contributed by atoms with Gasteiger partial charge < -0.3 is 17.6 Å². The highest BCUT2D eigenvalue weighted by molar-refractivity contribution is 7.08. The van der Waals surface area contributed by atoms with E-state index >= 15 is 0 Å². The highest BCUT2D eigenvalue weighted by atomic mass is 28.5. The minimum Gasteiger partial charge on any atom is -0.322 e. The van der Waals surface area contributed by atoms with Gasteiger partial charge in [-0.3, -0.25) is 0 Å². The molecule has 0 N–H and O–H groups in total. The maximum Gasteiger partial charge on any atom is 0.245 e. The van der Waals surface area contributed by atoms with E-state index in [0.29, 0.717) is 0 Å². The summed E-state index contributed by atoms with van der Waals surface area (Å²) in [7, 11) is -6.53. The van der Waals surface area contributed by atoms with Crippen LogP contribution in [0.5, 0.6) is 0 Å². The lowest BCUT2D eigenvalue weighted by atomic mass is 10.7. The smallest absolute Gasteiger partial charge is 0.245 e. The average molecular weight is 455 g/mol. The summed E-state index contributed by atoms with van der Waals surface area (Å²) in [6.07, 6.45) is 0. The fourth-order valence-electron chi connectivity index (χ4n) is 5.42. The fraction of sp³-hybridized carbons (Fsp3) is 0.727. The molecule has 0 bridgehead atoms. The molecule has 4 nitrogen and oxygen atoms in total. The Hall–Kier alpha value is -0.289. The zero-order valence-corrected chi connectivity index (χ0v) is 24.1. The van der Waals surface area contributed by atoms with Crippen LogP contribution in [0.25, 0.3) is 0 Å². The van der Waals surface area contributed by atoms with Crippen molar-refractivity contribution >= 4 is 25.2 Å². The molecule has 0 heterocycles. The Bertz CT molecular complexity index is 506. The molecule has 0 aliphatic rings. The summed E-state index contributed by atoms with van der Waals surface area (Å²) in [4.78, 5) is 0. The predicted molar refractivity (Wildman–Crippen MR) is 141 cm³/mol. The van der Waals surface area contributed by atoms with E-state index in [2.05, 4.69) is 116 Å². The van der Waals surface area contributed by atoms with Crippen LogP contribution in [0.4, 0.5) is 0 Å². The molecule has 0 radical (unpaired) electrons. The largest absolute Gasteiger partial charge is 0.322 e. The van der Waals surface area contributed by atoms with E-state index < -0.39 is 25.2 Å². The third-order valence-electron chi connectivity index (χ3n) is 6.86. The normalized spacial score (nSPS) is 15.2. The highest BCUT2D eigenvalue weighted by Crippen LogP contribution is 2.37. The van der Waals surface area contributed by atoms with Gasteiger partial charge in [0.1, 0.15) is 0 Å². The number of rotatable bonds is 16. The van der Waals surface area contributed by atoms with E-state index in [4.69, 9.17) is 0 Å². The molecule has 0 fully saturated rings. The molecule has 1 unspecified atom stereocenters. The Labute approximate surface area is 186 Å². The zero-order valence-electron chi connectivity index (χ0n) is 21.1. The Morgan fingerprint density at radius 2 is 0.966 bits per heavy atom. The van der Waals surface area contributed by atoms with Gasteiger partial charge in [0.2, 0.25) is 16.8 Å². The topological polar surface area (TPSA) is 13.0 Å². The van der Waals surface area contributed by atoms with Crippen LogP contribution >= 0.6 is 0 Å². The SMILES string of the molecule is C=C[Si](C=C)(N(CC)CC)N([Si](C)(C)N(CC)CC)[Si](C=C)(CC)N(CC)CC. The monoisotopic (exact) mass is 454 g/mol. The summed E-state index contributed by atoms with van der Waals surface area (Å²) in [6, 6.07) is 1.13. The minimum absolute atomic E-state index is 1.02. The molecule has 0 aromatic rings. The van der Waals surface area contributed by atoms with E-state index in [1.54, 1.807) is 0 Å². The van der Waals surface area contributed by atoms with E-state index in [1.807, 2.05) is 0 Å². The maximum absolute atomic E-state index is 4.48. The van der Waals surface area contributed by atoms with E-state index in [0.717, 1.165) is 45.3 Å². The Kier molecular flexibility index (Phi) is 12.4. The lowest BCUT2D eigenvalue weighted by Gasteiger charge is -2.62. The molecule has 0 aliphatic carbocycles. The van der Waals surface area contributed by atoms with Gasteiger partial charge in [-0.2, -0.15) is 0 Å². The van der Waals surface area contributed by atoms with Gasteiger partial charge in [-0.05, 0) is 58.4 Å². The van der Waals surface area contributed by atoms with Crippen LogP contribution in [-0.4, -0.2) is 82.1 Å². The van der Waals surface area contributed by atoms with Crippen molar-refractivity contribution in [1.82, 2.24) is 17.6 Å². The van der Waals surface area contributed by atoms with Crippen molar-refractivity contribution in [2.45, 2.75) is 67.6 Å². The minimum atomic E-state index is -2.34. The molecule has 29 heavy (non-hydrogen) atoms. The van der Waals surface area contributed by atoms with Gasteiger partial charge in [0.05, 0.1) is 0 Å². The van der Waals surface area contributed by atoms with Gasteiger partial charge in [-0.1, -0.05) is 65.6 Å². The van der Waals surface area contributed by atoms with E-state index in [1.165, 1.54) is 0 Å². The molecule has 0 amide bonds. The van der Waals surface area contributed by atoms with Crippen LogP contribution in [0.15, 0.2) is 36.8 Å². The molecule has 0 aliphatic heterocycles. The zero-order chi connectivity index (χ0) is 22.9. The molecule has 7 heteroatoms. The van der Waals surface area contributed by atoms with Crippen molar-refractivity contribution in [3.8, 4) is 0 Å². The first-order valence-electron chi connectivity index (χ1n) is 11.6. The molecule has 170 valence electrons. The van der Waals surface area contributed by atoms with Crippen molar-refractivity contribution in [2.24, 2.45) is 0 Å². The van der Waals surface area contributed by atoms with Gasteiger partial charge in [-0.25, -0.2) is 0 Å². The van der Waals surface area contributed by atoms with E-state index in [9.17, 15) is 0 Å². The standard InChI is InChI=1S/C22H50N4Si3/c1-13-23(14-2)27(11,12)26(28(19-7,20-8)24(15-3)16-4)29(21-9,22-10)25(17-5)18-6/h19-21H,7-9,13-18,22H2,1-6,10-12H3. The summed E-state index contributed by atoms with van der Waals surface area (Å²) >= 11 is 0. The fourth-order valence-corrected chi connectivity index (χ4v) is 27.4. The van der Waals surface area contributed by atoms with Crippen molar-refractivity contribution in [3.63, 3.8) is 0 Å². The molecule has 0 saturated carbocycles. The second kappa shape index (κ2) is 12.5. The van der Waals surface area contributed by atoms with Gasteiger partial charge in [0.15, 0.2) is 8.40 Å². The quantitative estimate of drug-likeness (QED) is 0.301. The van der Waals surface area contributed by atoms with Crippen LogP contribution in [-0.2, 0) is 0 Å². The maximum atomic E-state index is 4.48. The summed E-state index contributed by atoms with van der Waals surface area (Å²) in [5.41, 5.74) is 6.93. The van der Waals surface area contributed by atoms with Crippen molar-refractivity contribution < 1.29 is 0 Å². The summed E-state index contributed by atoms with van der Waals surface area (Å²) < 4.78 is 11.2. The number of hydrogen-bond acceptors (Lipinski definition) is 4. The molecule has 1 atom stereocenters. The van der Waals surface area contributed by atoms with Gasteiger partial charge in [0.25, 0.3) is 0 Å². The van der Waals surface area contributed by atoms with Gasteiger partial charge in [0, 0.05) is 0 Å². The average Bonchev–Trinajstić information content (AvgIpc) is 2.73. The van der Waals surface area contributed by atoms with Crippen LogP contribution in [0, 0.1) is 0 Å². The summed E-state index contributed by atoms with van der Waals surface area (Å²) in [6.45, 7) is 40.9. The molecule has 0 saturated heterocycles. The second-order valence-corrected chi connectivity index (χ2v) is 20.8. The second-order valence-electron chi connectivity index (χ2n) is 7.97. The lowest BCUT2D eigenvalue weighted by Crippen LogP contribution is -2.85. The Balaban J connectivity index is 7.36. The first-order valence-corrected chi connectivity index (χ1v) is 18.8. The van der Waals surface area contributed by atoms with Crippen LogP contribution in [0.1, 0.15) is 48.5 Å². The van der Waals surface area contributed by atoms with Crippen molar-refractivity contribution in [3.05, 3.63) is 36.8 Å². The Morgan fingerprint density at radius 3 is 1.21 bits per heavy atom. The molecular weight excluding hydrogens is 405 g/mol. The first kappa shape index (κ1) is 28.7. The molecular formula is C22H50N4Si3. The van der Waals surface area contributed by atoms with E-state index in [-0.39, 0.29) is 0 Å². The van der Waals surface area contributed by atoms with Crippen molar-refractivity contribution in [1.29, 1.82) is 0 Å². The van der Waals surface area contributed by atoms with Gasteiger partial charge in [-0.15, -0.1) is 19.7 Å². The molecule has 0 aromatic heterocycles. The summed E-state index contributed by atoms with van der Waals surface area (Å²) in [5.74, 6) is 0. The van der Waals surface area contributed by atoms with Crippen LogP contribution < -0.4 is 0 Å². The molecule has 0 aromatic carbocycles. The molecule has 0 spiro atoms. The number of nitrogens with zero attached hydrogens (tertiary/aromatic N) is 4. The van der Waals surface area contributed by atoms with Gasteiger partial charge >= 0.3 is 0 Å². The third kappa shape index (κ3) is 5.14. The van der Waals surface area contributed by atoms with Crippen molar-refractivity contribution in [2.75, 3.05) is 39.3 Å². The predicted octanol–water partition coefficient (Wildman–Crippen LogP) is 5.10. The van der Waals surface area contributed by atoms with Crippen LogP contribution in [0.2, 0.25) is 19.1 Å².